The van der Waals surface area contributed by atoms with Gasteiger partial charge in [0.25, 0.3) is 5.91 Å². The predicted molar refractivity (Wildman–Crippen MR) is 80.2 cm³/mol. The number of carbonyl (C=O) groups is 1. The summed E-state index contributed by atoms with van der Waals surface area (Å²) in [5.41, 5.74) is 1.61. The van der Waals surface area contributed by atoms with Crippen molar-refractivity contribution in [2.75, 3.05) is 5.32 Å². The van der Waals surface area contributed by atoms with Gasteiger partial charge in [-0.05, 0) is 23.1 Å². The molecule has 5 nitrogen and oxygen atoms in total. The molecule has 0 aliphatic heterocycles. The summed E-state index contributed by atoms with van der Waals surface area (Å²) < 4.78 is 0.606. The van der Waals surface area contributed by atoms with E-state index >= 15 is 0 Å². The molecule has 2 aromatic rings. The monoisotopic (exact) mass is 286 g/mol. The minimum Gasteiger partial charge on any atom is -0.619 e. The Kier molecular flexibility index (Phi) is 3.84. The number of carbonyl (C=O) groups excluding carboxylic acids is 1. The van der Waals surface area contributed by atoms with Crippen molar-refractivity contribution in [3.63, 3.8) is 0 Å². The first-order valence-electron chi connectivity index (χ1n) is 6.61. The largest absolute Gasteiger partial charge is 0.619 e. The lowest BCUT2D eigenvalue weighted by molar-refractivity contribution is -0.605. The summed E-state index contributed by atoms with van der Waals surface area (Å²) in [4.78, 5) is 12.1. The molecule has 0 spiro atoms. The molecule has 2 rings (SSSR count). The van der Waals surface area contributed by atoms with Gasteiger partial charge in [0.15, 0.2) is 12.4 Å². The Bertz CT molecular complexity index is 658. The van der Waals surface area contributed by atoms with Gasteiger partial charge < -0.3 is 15.6 Å². The van der Waals surface area contributed by atoms with Crippen molar-refractivity contribution in [2.24, 2.45) is 0 Å². The first-order valence-corrected chi connectivity index (χ1v) is 6.61. The van der Waals surface area contributed by atoms with Gasteiger partial charge in [0.05, 0.1) is 11.3 Å². The molecule has 1 amide bonds. The van der Waals surface area contributed by atoms with E-state index in [0.717, 1.165) is 5.56 Å². The van der Waals surface area contributed by atoms with Gasteiger partial charge in [-0.15, -0.1) is 0 Å². The lowest BCUT2D eigenvalue weighted by atomic mass is 9.87. The van der Waals surface area contributed by atoms with Crippen molar-refractivity contribution in [1.29, 1.82) is 0 Å². The number of phenols is 1. The van der Waals surface area contributed by atoms with Crippen LogP contribution in [0.25, 0.3) is 0 Å². The SMILES string of the molecule is CC(C)(C)c1ccc(O)c(NC(=O)c2cc[n+]([O-])cc2)c1. The van der Waals surface area contributed by atoms with E-state index in [1.54, 1.807) is 12.1 Å². The van der Waals surface area contributed by atoms with Gasteiger partial charge in [-0.25, -0.2) is 0 Å². The van der Waals surface area contributed by atoms with Crippen molar-refractivity contribution in [3.8, 4) is 5.75 Å². The van der Waals surface area contributed by atoms with Crippen molar-refractivity contribution in [2.45, 2.75) is 26.2 Å². The highest BCUT2D eigenvalue weighted by atomic mass is 16.5. The summed E-state index contributed by atoms with van der Waals surface area (Å²) in [7, 11) is 0. The number of nitrogens with zero attached hydrogens (tertiary/aromatic N) is 1. The van der Waals surface area contributed by atoms with E-state index in [2.05, 4.69) is 26.1 Å². The summed E-state index contributed by atoms with van der Waals surface area (Å²) in [6, 6.07) is 7.99. The molecule has 0 aliphatic rings. The number of aromatic hydroxyl groups is 1. The second-order valence-corrected chi connectivity index (χ2v) is 5.88. The molecule has 0 atom stereocenters. The van der Waals surface area contributed by atoms with E-state index in [0.29, 0.717) is 16.0 Å². The molecule has 0 bridgehead atoms. The zero-order chi connectivity index (χ0) is 15.6. The van der Waals surface area contributed by atoms with Crippen LogP contribution in [0.2, 0.25) is 0 Å². The van der Waals surface area contributed by atoms with Crippen LogP contribution in [-0.4, -0.2) is 11.0 Å². The summed E-state index contributed by atoms with van der Waals surface area (Å²) in [6.07, 6.45) is 2.50. The lowest BCUT2D eigenvalue weighted by Crippen LogP contribution is -2.25. The molecule has 1 aromatic carbocycles. The maximum absolute atomic E-state index is 12.1. The lowest BCUT2D eigenvalue weighted by Gasteiger charge is -2.20. The average molecular weight is 286 g/mol. The number of anilines is 1. The fraction of sp³-hybridized carbons (Fsp3) is 0.250. The van der Waals surface area contributed by atoms with E-state index in [-0.39, 0.29) is 17.1 Å². The van der Waals surface area contributed by atoms with E-state index in [1.807, 2.05) is 6.07 Å². The number of nitrogens with one attached hydrogen (secondary N) is 1. The number of pyridine rings is 1. The van der Waals surface area contributed by atoms with Gasteiger partial charge in [0.2, 0.25) is 0 Å². The fourth-order valence-electron chi connectivity index (χ4n) is 1.86. The molecule has 1 heterocycles. The molecule has 2 N–H and O–H groups in total. The number of phenolic OH excluding ortho intramolecular Hbond substituents is 1. The Labute approximate surface area is 123 Å². The number of aromatic nitrogens is 1. The van der Waals surface area contributed by atoms with Crippen LogP contribution in [-0.2, 0) is 5.41 Å². The van der Waals surface area contributed by atoms with Gasteiger partial charge in [-0.2, -0.15) is 4.73 Å². The zero-order valence-corrected chi connectivity index (χ0v) is 12.3. The Morgan fingerprint density at radius 1 is 1.19 bits per heavy atom. The minimum absolute atomic E-state index is 0.00571. The van der Waals surface area contributed by atoms with Crippen molar-refractivity contribution < 1.29 is 14.6 Å². The van der Waals surface area contributed by atoms with Gasteiger partial charge in [0, 0.05) is 12.1 Å². The normalized spacial score (nSPS) is 11.2. The minimum atomic E-state index is -0.378. The number of hydrogen-bond donors (Lipinski definition) is 2. The number of rotatable bonds is 2. The predicted octanol–water partition coefficient (Wildman–Crippen LogP) is 2.58. The first kappa shape index (κ1) is 14.8. The quantitative estimate of drug-likeness (QED) is 0.506. The molecule has 5 heteroatoms. The molecule has 0 saturated carbocycles. The van der Waals surface area contributed by atoms with E-state index in [9.17, 15) is 15.1 Å². The molecule has 0 radical (unpaired) electrons. The Morgan fingerprint density at radius 2 is 1.81 bits per heavy atom. The molecule has 0 saturated heterocycles. The summed E-state index contributed by atoms with van der Waals surface area (Å²) in [6.45, 7) is 6.15. The molecule has 110 valence electrons. The average Bonchev–Trinajstić information content (AvgIpc) is 2.40. The molecular weight excluding hydrogens is 268 g/mol. The van der Waals surface area contributed by atoms with Crippen LogP contribution in [0, 0.1) is 5.21 Å². The first-order chi connectivity index (χ1) is 9.77. The van der Waals surface area contributed by atoms with Crippen LogP contribution >= 0.6 is 0 Å². The van der Waals surface area contributed by atoms with Gasteiger partial charge in [0.1, 0.15) is 5.75 Å². The standard InChI is InChI=1S/C16H18N2O3/c1-16(2,3)12-4-5-14(19)13(10-12)17-15(20)11-6-8-18(21)9-7-11/h4-10,19H,1-3H3,(H,17,20). The second kappa shape index (κ2) is 5.44. The smallest absolute Gasteiger partial charge is 0.256 e. The highest BCUT2D eigenvalue weighted by Crippen LogP contribution is 2.30. The topological polar surface area (TPSA) is 76.3 Å². The summed E-state index contributed by atoms with van der Waals surface area (Å²) >= 11 is 0. The zero-order valence-electron chi connectivity index (χ0n) is 12.3. The van der Waals surface area contributed by atoms with Crippen molar-refractivity contribution in [3.05, 3.63) is 59.1 Å². The van der Waals surface area contributed by atoms with Crippen LogP contribution in [0.4, 0.5) is 5.69 Å². The highest BCUT2D eigenvalue weighted by molar-refractivity contribution is 6.04. The van der Waals surface area contributed by atoms with Crippen LogP contribution in [0.3, 0.4) is 0 Å². The number of hydrogen-bond acceptors (Lipinski definition) is 3. The van der Waals surface area contributed by atoms with Gasteiger partial charge >= 0.3 is 0 Å². The van der Waals surface area contributed by atoms with Gasteiger partial charge in [-0.1, -0.05) is 26.8 Å². The molecule has 0 fully saturated rings. The second-order valence-electron chi connectivity index (χ2n) is 5.88. The van der Waals surface area contributed by atoms with Crippen molar-refractivity contribution in [1.82, 2.24) is 0 Å². The summed E-state index contributed by atoms with van der Waals surface area (Å²) in [5.74, 6) is -0.372. The fourth-order valence-corrected chi connectivity index (χ4v) is 1.86. The van der Waals surface area contributed by atoms with E-state index < -0.39 is 0 Å². The molecule has 0 aliphatic carbocycles. The van der Waals surface area contributed by atoms with Crippen LogP contribution in [0.1, 0.15) is 36.7 Å². The van der Waals surface area contributed by atoms with Crippen LogP contribution in [0.15, 0.2) is 42.7 Å². The maximum atomic E-state index is 12.1. The highest BCUT2D eigenvalue weighted by Gasteiger charge is 2.17. The van der Waals surface area contributed by atoms with E-state index in [4.69, 9.17) is 0 Å². The Balaban J connectivity index is 2.26. The van der Waals surface area contributed by atoms with Gasteiger partial charge in [-0.3, -0.25) is 4.79 Å². The third-order valence-corrected chi connectivity index (χ3v) is 3.18. The van der Waals surface area contributed by atoms with Crippen LogP contribution in [0.5, 0.6) is 5.75 Å². The molecule has 1 aromatic heterocycles. The van der Waals surface area contributed by atoms with Crippen molar-refractivity contribution >= 4 is 11.6 Å². The third kappa shape index (κ3) is 3.51. The number of amides is 1. The summed E-state index contributed by atoms with van der Waals surface area (Å²) in [5, 5.41) is 23.5. The molecular formula is C16H18N2O3. The number of benzene rings is 1. The maximum Gasteiger partial charge on any atom is 0.256 e. The van der Waals surface area contributed by atoms with Crippen LogP contribution < -0.4 is 10.0 Å². The van der Waals surface area contributed by atoms with E-state index in [1.165, 1.54) is 24.5 Å². The molecule has 21 heavy (non-hydrogen) atoms. The molecule has 0 unspecified atom stereocenters. The Morgan fingerprint density at radius 3 is 2.38 bits per heavy atom. The Hall–Kier alpha value is -2.56. The third-order valence-electron chi connectivity index (χ3n) is 3.18.